The maximum absolute atomic E-state index is 12.6. The zero-order valence-electron chi connectivity index (χ0n) is 32.7. The van der Waals surface area contributed by atoms with Crippen molar-refractivity contribution in [2.24, 2.45) is 0 Å². The second-order valence-corrected chi connectivity index (χ2v) is 14.4. The molecule has 0 rings (SSSR count). The number of unbranched alkanes of at least 4 members (excludes halogenated alkanes) is 10. The lowest BCUT2D eigenvalue weighted by Gasteiger charge is -2.20. The van der Waals surface area contributed by atoms with Crippen LogP contribution in [0.15, 0.2) is 72.9 Å². The molecule has 0 fully saturated rings. The first kappa shape index (κ1) is 50.4. The van der Waals surface area contributed by atoms with Crippen LogP contribution in [-0.4, -0.2) is 65.7 Å². The Bertz CT molecular complexity index is 1110. The molecule has 3 atom stereocenters. The number of hydrogen-bond donors (Lipinski definition) is 3. The highest BCUT2D eigenvalue weighted by atomic mass is 31.2. The van der Waals surface area contributed by atoms with E-state index in [1.807, 2.05) is 0 Å². The molecule has 0 aliphatic heterocycles. The van der Waals surface area contributed by atoms with Crippen molar-refractivity contribution < 1.29 is 47.8 Å². The maximum Gasteiger partial charge on any atom is 0.472 e. The van der Waals surface area contributed by atoms with Crippen LogP contribution in [-0.2, 0) is 32.7 Å². The summed E-state index contributed by atoms with van der Waals surface area (Å²) in [4.78, 5) is 34.8. The topological polar surface area (TPSA) is 149 Å². The van der Waals surface area contributed by atoms with E-state index in [-0.39, 0.29) is 19.4 Å². The highest BCUT2D eigenvalue weighted by Crippen LogP contribution is 2.43. The fraction of sp³-hybridized carbons (Fsp3) is 0.667. The van der Waals surface area contributed by atoms with Crippen molar-refractivity contribution in [2.45, 2.75) is 154 Å². The van der Waals surface area contributed by atoms with Crippen LogP contribution in [0.5, 0.6) is 0 Å². The molecule has 0 heterocycles. The number of aliphatic hydroxyl groups is 2. The summed E-state index contributed by atoms with van der Waals surface area (Å²) in [6, 6.07) is 0. The van der Waals surface area contributed by atoms with Gasteiger partial charge in [-0.3, -0.25) is 18.6 Å². The van der Waals surface area contributed by atoms with Gasteiger partial charge < -0.3 is 24.6 Å². The lowest BCUT2D eigenvalue weighted by molar-refractivity contribution is -0.161. The Morgan fingerprint density at radius 3 is 1.60 bits per heavy atom. The van der Waals surface area contributed by atoms with E-state index in [4.69, 9.17) is 19.1 Å². The van der Waals surface area contributed by atoms with E-state index in [0.29, 0.717) is 12.8 Å². The number of hydrogen-bond acceptors (Lipinski definition) is 9. The van der Waals surface area contributed by atoms with E-state index in [9.17, 15) is 24.2 Å². The number of carbonyl (C=O) groups excluding carboxylic acids is 2. The fourth-order valence-electron chi connectivity index (χ4n) is 4.76. The lowest BCUT2D eigenvalue weighted by Crippen LogP contribution is -2.29. The molecular formula is C42H71O10P. The van der Waals surface area contributed by atoms with Crippen molar-refractivity contribution in [2.75, 3.05) is 26.4 Å². The summed E-state index contributed by atoms with van der Waals surface area (Å²) in [7, 11) is -4.63. The van der Waals surface area contributed by atoms with Gasteiger partial charge in [-0.2, -0.15) is 0 Å². The first-order valence-electron chi connectivity index (χ1n) is 19.9. The molecule has 0 spiro atoms. The van der Waals surface area contributed by atoms with Crippen molar-refractivity contribution in [3.63, 3.8) is 0 Å². The fourth-order valence-corrected chi connectivity index (χ4v) is 5.55. The minimum absolute atomic E-state index is 0.140. The quantitative estimate of drug-likeness (QED) is 0.0243. The third-order valence-corrected chi connectivity index (χ3v) is 8.80. The predicted molar refractivity (Wildman–Crippen MR) is 214 cm³/mol. The van der Waals surface area contributed by atoms with Gasteiger partial charge >= 0.3 is 19.8 Å². The van der Waals surface area contributed by atoms with Crippen LogP contribution >= 0.6 is 7.82 Å². The van der Waals surface area contributed by atoms with Crippen molar-refractivity contribution in [3.8, 4) is 0 Å². The molecule has 3 N–H and O–H groups in total. The smallest absolute Gasteiger partial charge is 0.462 e. The van der Waals surface area contributed by atoms with Gasteiger partial charge in [-0.25, -0.2) is 4.57 Å². The van der Waals surface area contributed by atoms with Crippen LogP contribution in [0.1, 0.15) is 142 Å². The van der Waals surface area contributed by atoms with Crippen LogP contribution in [0.3, 0.4) is 0 Å². The summed E-state index contributed by atoms with van der Waals surface area (Å²) >= 11 is 0. The molecule has 304 valence electrons. The molecule has 0 aliphatic carbocycles. The third kappa shape index (κ3) is 37.5. The molecule has 0 saturated carbocycles. The second-order valence-electron chi connectivity index (χ2n) is 12.9. The van der Waals surface area contributed by atoms with Crippen molar-refractivity contribution >= 4 is 19.8 Å². The van der Waals surface area contributed by atoms with E-state index in [1.54, 1.807) is 0 Å². The summed E-state index contributed by atoms with van der Waals surface area (Å²) in [5.74, 6) is -0.983. The number of esters is 2. The zero-order chi connectivity index (χ0) is 39.1. The number of phosphoric acid groups is 1. The van der Waals surface area contributed by atoms with Gasteiger partial charge in [-0.15, -0.1) is 0 Å². The minimum Gasteiger partial charge on any atom is -0.462 e. The standard InChI is InChI=1S/C42H71O10P/c1-3-5-7-9-11-13-15-16-17-18-19-20-21-22-24-26-28-30-32-34-42(46)52-40(38-51-53(47,48)50-36-39(44)35-43)37-49-41(45)33-31-29-27-25-23-14-12-10-8-6-4-2/h5,7,10-13,16-17,19-20,22,24,39-40,43-44H,3-4,6,8-9,14-15,18,21,23,25-38H2,1-2H3,(H,47,48)/b7-5-,12-10-,13-11-,17-16-,20-19-,24-22-. The first-order chi connectivity index (χ1) is 25.7. The number of phosphoric ester groups is 1. The Morgan fingerprint density at radius 2 is 1.04 bits per heavy atom. The van der Waals surface area contributed by atoms with Gasteiger partial charge in [0.05, 0.1) is 19.8 Å². The van der Waals surface area contributed by atoms with E-state index in [2.05, 4.69) is 91.3 Å². The van der Waals surface area contributed by atoms with Gasteiger partial charge in [0.1, 0.15) is 12.7 Å². The molecule has 0 amide bonds. The van der Waals surface area contributed by atoms with Crippen LogP contribution in [0, 0.1) is 0 Å². The number of ether oxygens (including phenoxy) is 2. The summed E-state index contributed by atoms with van der Waals surface area (Å²) < 4.78 is 32.6. The monoisotopic (exact) mass is 766 g/mol. The van der Waals surface area contributed by atoms with E-state index >= 15 is 0 Å². The van der Waals surface area contributed by atoms with Gasteiger partial charge in [0.25, 0.3) is 0 Å². The number of aliphatic hydroxyl groups excluding tert-OH is 2. The molecule has 0 aromatic rings. The average molecular weight is 767 g/mol. The van der Waals surface area contributed by atoms with Crippen LogP contribution < -0.4 is 0 Å². The van der Waals surface area contributed by atoms with Crippen LogP contribution in [0.2, 0.25) is 0 Å². The number of rotatable bonds is 36. The molecule has 0 aliphatic rings. The summed E-state index contributed by atoms with van der Waals surface area (Å²) in [5.41, 5.74) is 0. The van der Waals surface area contributed by atoms with Gasteiger partial charge in [0, 0.05) is 12.8 Å². The van der Waals surface area contributed by atoms with Gasteiger partial charge in [0.2, 0.25) is 0 Å². The van der Waals surface area contributed by atoms with Gasteiger partial charge in [-0.05, 0) is 77.0 Å². The Morgan fingerprint density at radius 1 is 0.585 bits per heavy atom. The predicted octanol–water partition coefficient (Wildman–Crippen LogP) is 10.1. The summed E-state index contributed by atoms with van der Waals surface area (Å²) in [5, 5.41) is 18.3. The number of carbonyl (C=O) groups is 2. The first-order valence-corrected chi connectivity index (χ1v) is 21.4. The van der Waals surface area contributed by atoms with E-state index in [0.717, 1.165) is 89.9 Å². The third-order valence-electron chi connectivity index (χ3n) is 7.84. The van der Waals surface area contributed by atoms with Gasteiger partial charge in [0.15, 0.2) is 6.10 Å². The van der Waals surface area contributed by atoms with Crippen LogP contribution in [0.4, 0.5) is 0 Å². The van der Waals surface area contributed by atoms with Crippen molar-refractivity contribution in [1.82, 2.24) is 0 Å². The Kier molecular flexibility index (Phi) is 35.9. The zero-order valence-corrected chi connectivity index (χ0v) is 33.6. The Labute approximate surface area is 320 Å². The molecule has 10 nitrogen and oxygen atoms in total. The molecular weight excluding hydrogens is 695 g/mol. The van der Waals surface area contributed by atoms with Crippen molar-refractivity contribution in [3.05, 3.63) is 72.9 Å². The van der Waals surface area contributed by atoms with E-state index < -0.39 is 51.8 Å². The van der Waals surface area contributed by atoms with Gasteiger partial charge in [-0.1, -0.05) is 125 Å². The van der Waals surface area contributed by atoms with Crippen LogP contribution in [0.25, 0.3) is 0 Å². The number of allylic oxidation sites excluding steroid dienone is 12. The molecule has 53 heavy (non-hydrogen) atoms. The van der Waals surface area contributed by atoms with Crippen molar-refractivity contribution in [1.29, 1.82) is 0 Å². The largest absolute Gasteiger partial charge is 0.472 e. The lowest BCUT2D eigenvalue weighted by atomic mass is 10.1. The minimum atomic E-state index is -4.63. The SMILES string of the molecule is CC/C=C\C/C=C\C/C=C\C/C=C\C/C=C\CCCCCC(=O)OC(COC(=O)CCCCCCC/C=C\CCCC)COP(=O)(O)OCC(O)CO. The molecule has 0 aromatic carbocycles. The molecule has 0 bridgehead atoms. The maximum atomic E-state index is 12.6. The molecule has 0 aromatic heterocycles. The molecule has 0 saturated heterocycles. The average Bonchev–Trinajstić information content (AvgIpc) is 3.14. The molecule has 11 heteroatoms. The second kappa shape index (κ2) is 37.7. The normalized spacial score (nSPS) is 14.7. The summed E-state index contributed by atoms with van der Waals surface area (Å²) in [6.45, 7) is 2.15. The highest BCUT2D eigenvalue weighted by molar-refractivity contribution is 7.47. The Balaban J connectivity index is 4.43. The molecule has 0 radical (unpaired) electrons. The summed E-state index contributed by atoms with van der Waals surface area (Å²) in [6.07, 6.45) is 41.6. The van der Waals surface area contributed by atoms with E-state index in [1.165, 1.54) is 12.8 Å². The highest BCUT2D eigenvalue weighted by Gasteiger charge is 2.27. The Hall–Kier alpha value is -2.59. The molecule has 3 unspecified atom stereocenters.